The highest BCUT2D eigenvalue weighted by Crippen LogP contribution is 2.25. The second-order valence-electron chi connectivity index (χ2n) is 12.2. The summed E-state index contributed by atoms with van der Waals surface area (Å²) in [5, 5.41) is 25.6. The molecule has 0 heterocycles. The summed E-state index contributed by atoms with van der Waals surface area (Å²) in [6, 6.07) is -1.68. The maximum absolute atomic E-state index is 12.0. The minimum Gasteiger partial charge on any atom is -0.480 e. The van der Waals surface area contributed by atoms with Crippen molar-refractivity contribution in [2.75, 3.05) is 13.1 Å². The largest absolute Gasteiger partial charge is 0.480 e. The summed E-state index contributed by atoms with van der Waals surface area (Å²) >= 11 is 0. The molecule has 1 aliphatic carbocycles. The zero-order valence-corrected chi connectivity index (χ0v) is 25.5. The van der Waals surface area contributed by atoms with Crippen LogP contribution in [0.3, 0.4) is 0 Å². The monoisotopic (exact) mass is 588 g/mol. The number of carboxylic acid groups (broad SMARTS) is 2. The van der Waals surface area contributed by atoms with E-state index in [0.717, 1.165) is 25.7 Å². The maximum atomic E-state index is 12.0. The predicted molar refractivity (Wildman–Crippen MR) is 153 cm³/mol. The number of hydrogen-bond acceptors (Lipinski definition) is 8. The van der Waals surface area contributed by atoms with E-state index in [1.165, 1.54) is 0 Å². The van der Waals surface area contributed by atoms with Gasteiger partial charge in [-0.3, -0.25) is 9.59 Å². The number of rotatable bonds is 14. The lowest BCUT2D eigenvalue weighted by Crippen LogP contribution is -2.43. The number of carboxylic acids is 2. The SMILES string of the molecule is CC(C)(C)OC(=O)NCCCC[C@H](N)C(=O)O.CC(C)(C)OC(=O)NCCCC[C@H](NC(=O)C1CCCC1)C(=O)O. The van der Waals surface area contributed by atoms with Crippen LogP contribution in [0, 0.1) is 5.92 Å². The summed E-state index contributed by atoms with van der Waals surface area (Å²) in [5.74, 6) is -2.20. The minimum absolute atomic E-state index is 0.0410. The fraction of sp³-hybridized carbons (Fsp3) is 0.821. The molecule has 0 saturated heterocycles. The smallest absolute Gasteiger partial charge is 0.407 e. The Kier molecular flexibility index (Phi) is 17.7. The third-order valence-electron chi connectivity index (χ3n) is 5.86. The van der Waals surface area contributed by atoms with Crippen LogP contribution in [-0.4, -0.2) is 76.6 Å². The number of ether oxygens (including phenoxy) is 2. The number of hydrogen-bond donors (Lipinski definition) is 6. The van der Waals surface area contributed by atoms with Crippen molar-refractivity contribution in [3.8, 4) is 0 Å². The topological polar surface area (TPSA) is 206 Å². The molecular formula is C28H52N4O9. The number of nitrogens with one attached hydrogen (secondary N) is 3. The number of unbranched alkanes of at least 4 members (excludes halogenated alkanes) is 2. The van der Waals surface area contributed by atoms with E-state index in [9.17, 15) is 29.1 Å². The van der Waals surface area contributed by atoms with Gasteiger partial charge in [0.15, 0.2) is 0 Å². The van der Waals surface area contributed by atoms with Gasteiger partial charge in [-0.2, -0.15) is 0 Å². The van der Waals surface area contributed by atoms with Gasteiger partial charge in [0.1, 0.15) is 23.3 Å². The van der Waals surface area contributed by atoms with Crippen molar-refractivity contribution in [2.45, 2.75) is 129 Å². The molecule has 7 N–H and O–H groups in total. The molecule has 0 radical (unpaired) electrons. The second-order valence-corrected chi connectivity index (χ2v) is 12.2. The van der Waals surface area contributed by atoms with Crippen molar-refractivity contribution in [1.29, 1.82) is 0 Å². The van der Waals surface area contributed by atoms with Crippen molar-refractivity contribution in [3.05, 3.63) is 0 Å². The standard InChI is InChI=1S/C17H30N2O5.C11H22N2O4/c1-17(2,3)24-16(23)18-11-7-6-10-13(15(21)22)19-14(20)12-8-4-5-9-12;1-11(2,3)17-10(16)13-7-5-4-6-8(12)9(14)15/h12-13H,4-11H2,1-3H3,(H,18,23)(H,19,20)(H,21,22);8H,4-7,12H2,1-3H3,(H,13,16)(H,14,15)/t13-;8-/m00/s1. The van der Waals surface area contributed by atoms with E-state index in [1.807, 2.05) is 0 Å². The van der Waals surface area contributed by atoms with Crippen LogP contribution in [0.2, 0.25) is 0 Å². The van der Waals surface area contributed by atoms with Gasteiger partial charge >= 0.3 is 24.1 Å². The van der Waals surface area contributed by atoms with Crippen molar-refractivity contribution < 1.29 is 43.7 Å². The maximum Gasteiger partial charge on any atom is 0.407 e. The van der Waals surface area contributed by atoms with Crippen LogP contribution in [-0.2, 0) is 23.9 Å². The zero-order chi connectivity index (χ0) is 31.6. The normalized spacial score (nSPS) is 15.0. The lowest BCUT2D eigenvalue weighted by atomic mass is 10.1. The van der Waals surface area contributed by atoms with E-state index in [1.54, 1.807) is 41.5 Å². The van der Waals surface area contributed by atoms with Gasteiger partial charge in [-0.1, -0.05) is 12.8 Å². The molecule has 0 aromatic heterocycles. The van der Waals surface area contributed by atoms with Gasteiger partial charge in [-0.05, 0) is 92.9 Å². The van der Waals surface area contributed by atoms with Crippen LogP contribution in [0.25, 0.3) is 0 Å². The van der Waals surface area contributed by atoms with E-state index < -0.39 is 47.4 Å². The van der Waals surface area contributed by atoms with E-state index >= 15 is 0 Å². The van der Waals surface area contributed by atoms with Crippen LogP contribution in [0.5, 0.6) is 0 Å². The Morgan fingerprint density at radius 2 is 1.20 bits per heavy atom. The lowest BCUT2D eigenvalue weighted by Gasteiger charge is -2.20. The molecule has 1 rings (SSSR count). The fourth-order valence-corrected chi connectivity index (χ4v) is 3.83. The first-order valence-electron chi connectivity index (χ1n) is 14.4. The second kappa shape index (κ2) is 19.1. The third-order valence-corrected chi connectivity index (χ3v) is 5.86. The molecule has 13 nitrogen and oxygen atoms in total. The zero-order valence-electron chi connectivity index (χ0n) is 25.5. The molecule has 0 aromatic rings. The minimum atomic E-state index is -1.01. The summed E-state index contributed by atoms with van der Waals surface area (Å²) in [7, 11) is 0. The molecule has 3 amide bonds. The highest BCUT2D eigenvalue weighted by Gasteiger charge is 2.27. The Morgan fingerprint density at radius 3 is 1.59 bits per heavy atom. The molecule has 1 fully saturated rings. The molecule has 1 aliphatic rings. The van der Waals surface area contributed by atoms with Crippen LogP contribution < -0.4 is 21.7 Å². The first-order valence-corrected chi connectivity index (χ1v) is 14.4. The first kappa shape index (κ1) is 37.9. The summed E-state index contributed by atoms with van der Waals surface area (Å²) in [5.41, 5.74) is 4.29. The first-order chi connectivity index (χ1) is 18.9. The van der Waals surface area contributed by atoms with Crippen molar-refractivity contribution in [2.24, 2.45) is 11.7 Å². The van der Waals surface area contributed by atoms with Gasteiger partial charge in [0.25, 0.3) is 0 Å². The van der Waals surface area contributed by atoms with E-state index in [0.29, 0.717) is 51.6 Å². The molecule has 238 valence electrons. The van der Waals surface area contributed by atoms with Crippen LogP contribution >= 0.6 is 0 Å². The Labute approximate surface area is 243 Å². The van der Waals surface area contributed by atoms with Gasteiger partial charge in [-0.25, -0.2) is 14.4 Å². The Balaban J connectivity index is 0.000000831. The number of aliphatic carboxylic acids is 2. The van der Waals surface area contributed by atoms with Gasteiger partial charge in [0.2, 0.25) is 5.91 Å². The number of alkyl carbamates (subject to hydrolysis) is 2. The summed E-state index contributed by atoms with van der Waals surface area (Å²) < 4.78 is 10.1. The van der Waals surface area contributed by atoms with Gasteiger partial charge < -0.3 is 41.4 Å². The molecule has 13 heteroatoms. The van der Waals surface area contributed by atoms with Gasteiger partial charge in [0.05, 0.1) is 0 Å². The molecule has 1 saturated carbocycles. The quantitative estimate of drug-likeness (QED) is 0.163. The Bertz CT molecular complexity index is 831. The summed E-state index contributed by atoms with van der Waals surface area (Å²) in [6.45, 7) is 11.6. The predicted octanol–water partition coefficient (Wildman–Crippen LogP) is 3.53. The van der Waals surface area contributed by atoms with Crippen LogP contribution in [0.1, 0.15) is 106 Å². The lowest BCUT2D eigenvalue weighted by molar-refractivity contribution is -0.142. The summed E-state index contributed by atoms with van der Waals surface area (Å²) in [4.78, 5) is 56.4. The third kappa shape index (κ3) is 21.3. The van der Waals surface area contributed by atoms with E-state index in [-0.39, 0.29) is 11.8 Å². The number of nitrogens with two attached hydrogens (primary N) is 1. The Hall–Kier alpha value is -3.09. The fourth-order valence-electron chi connectivity index (χ4n) is 3.83. The van der Waals surface area contributed by atoms with Gasteiger partial charge in [-0.15, -0.1) is 0 Å². The summed E-state index contributed by atoms with van der Waals surface area (Å²) in [6.07, 6.45) is 6.14. The van der Waals surface area contributed by atoms with Crippen molar-refractivity contribution >= 4 is 30.0 Å². The molecule has 0 spiro atoms. The van der Waals surface area contributed by atoms with E-state index in [2.05, 4.69) is 16.0 Å². The highest BCUT2D eigenvalue weighted by molar-refractivity contribution is 5.85. The highest BCUT2D eigenvalue weighted by atomic mass is 16.6. The average molecular weight is 589 g/mol. The van der Waals surface area contributed by atoms with Crippen molar-refractivity contribution in [3.63, 3.8) is 0 Å². The van der Waals surface area contributed by atoms with Crippen molar-refractivity contribution in [1.82, 2.24) is 16.0 Å². The average Bonchev–Trinajstić information content (AvgIpc) is 3.36. The number of amides is 3. The van der Waals surface area contributed by atoms with Crippen LogP contribution in [0.4, 0.5) is 9.59 Å². The van der Waals surface area contributed by atoms with Gasteiger partial charge in [0, 0.05) is 19.0 Å². The Morgan fingerprint density at radius 1 is 0.756 bits per heavy atom. The molecular weight excluding hydrogens is 536 g/mol. The molecule has 0 aromatic carbocycles. The molecule has 0 bridgehead atoms. The number of carbonyl (C=O) groups is 5. The molecule has 0 aliphatic heterocycles. The molecule has 41 heavy (non-hydrogen) atoms. The molecule has 0 unspecified atom stereocenters. The van der Waals surface area contributed by atoms with Crippen LogP contribution in [0.15, 0.2) is 0 Å². The van der Waals surface area contributed by atoms with E-state index in [4.69, 9.17) is 20.3 Å². The number of carbonyl (C=O) groups excluding carboxylic acids is 3. The molecule has 2 atom stereocenters.